The van der Waals surface area contributed by atoms with Gasteiger partial charge < -0.3 is 16.0 Å². The number of anilines is 5. The van der Waals surface area contributed by atoms with Gasteiger partial charge in [0.25, 0.3) is 5.91 Å². The van der Waals surface area contributed by atoms with E-state index in [0.29, 0.717) is 33.7 Å². The van der Waals surface area contributed by atoms with Gasteiger partial charge in [-0.3, -0.25) is 4.79 Å². The van der Waals surface area contributed by atoms with Crippen molar-refractivity contribution in [1.29, 1.82) is 0 Å². The Morgan fingerprint density at radius 1 is 0.771 bits per heavy atom. The summed E-state index contributed by atoms with van der Waals surface area (Å²) in [6.45, 7) is 1.85. The number of pyridine rings is 1. The van der Waals surface area contributed by atoms with E-state index >= 15 is 0 Å². The van der Waals surface area contributed by atoms with Gasteiger partial charge in [-0.05, 0) is 43.3 Å². The number of hydrogen-bond acceptors (Lipinski definition) is 8. The zero-order chi connectivity index (χ0) is 24.0. The predicted octanol–water partition coefficient (Wildman–Crippen LogP) is 6.04. The Labute approximate surface area is 206 Å². The molecule has 0 spiro atoms. The highest BCUT2D eigenvalue weighted by atomic mass is 32.1. The molecule has 172 valence electrons. The van der Waals surface area contributed by atoms with E-state index in [2.05, 4.69) is 35.9 Å². The summed E-state index contributed by atoms with van der Waals surface area (Å²) in [4.78, 5) is 30.7. The summed E-state index contributed by atoms with van der Waals surface area (Å²) in [7, 11) is 0. The van der Waals surface area contributed by atoms with E-state index < -0.39 is 0 Å². The summed E-state index contributed by atoms with van der Waals surface area (Å²) in [6, 6.07) is 24.7. The van der Waals surface area contributed by atoms with Gasteiger partial charge >= 0.3 is 0 Å². The topological polar surface area (TPSA) is 105 Å². The maximum atomic E-state index is 12.9. The Hall–Kier alpha value is -4.63. The molecule has 5 rings (SSSR count). The molecule has 0 aliphatic heterocycles. The van der Waals surface area contributed by atoms with Crippen LogP contribution in [0.25, 0.3) is 10.6 Å². The molecule has 0 aliphatic rings. The minimum Gasteiger partial charge on any atom is -0.340 e. The van der Waals surface area contributed by atoms with Crippen LogP contribution in [0.4, 0.5) is 28.8 Å². The summed E-state index contributed by atoms with van der Waals surface area (Å²) in [5.74, 6) is 1.78. The number of rotatable bonds is 7. The zero-order valence-corrected chi connectivity index (χ0v) is 19.6. The van der Waals surface area contributed by atoms with Crippen molar-refractivity contribution in [1.82, 2.24) is 19.9 Å². The monoisotopic (exact) mass is 479 g/mol. The fraction of sp³-hybridized carbons (Fsp3) is 0.0385. The Morgan fingerprint density at radius 2 is 1.49 bits per heavy atom. The van der Waals surface area contributed by atoms with Crippen LogP contribution < -0.4 is 16.0 Å². The van der Waals surface area contributed by atoms with E-state index in [9.17, 15) is 4.79 Å². The van der Waals surface area contributed by atoms with Crippen LogP contribution in [0.5, 0.6) is 0 Å². The lowest BCUT2D eigenvalue weighted by Gasteiger charge is -2.09. The van der Waals surface area contributed by atoms with Gasteiger partial charge in [-0.1, -0.05) is 36.4 Å². The Morgan fingerprint density at radius 3 is 2.23 bits per heavy atom. The maximum Gasteiger partial charge on any atom is 0.267 e. The lowest BCUT2D eigenvalue weighted by molar-refractivity contribution is 0.103. The van der Waals surface area contributed by atoms with E-state index in [1.54, 1.807) is 12.3 Å². The number of benzene rings is 2. The van der Waals surface area contributed by atoms with Crippen molar-refractivity contribution in [2.24, 2.45) is 0 Å². The molecular weight excluding hydrogens is 458 g/mol. The molecule has 0 radical (unpaired) electrons. The average Bonchev–Trinajstić information content (AvgIpc) is 3.28. The Bertz CT molecular complexity index is 1440. The highest BCUT2D eigenvalue weighted by Gasteiger charge is 2.16. The molecule has 0 bridgehead atoms. The number of aryl methyl sites for hydroxylation is 1. The molecular formula is C26H21N7OS. The first-order valence-corrected chi connectivity index (χ1v) is 11.7. The first-order chi connectivity index (χ1) is 17.1. The molecule has 2 aromatic carbocycles. The van der Waals surface area contributed by atoms with E-state index in [-0.39, 0.29) is 5.91 Å². The molecule has 5 aromatic rings. The van der Waals surface area contributed by atoms with Gasteiger partial charge in [0.15, 0.2) is 0 Å². The molecule has 35 heavy (non-hydrogen) atoms. The molecule has 1 amide bonds. The fourth-order valence-electron chi connectivity index (χ4n) is 3.35. The van der Waals surface area contributed by atoms with E-state index in [1.165, 1.54) is 17.7 Å². The van der Waals surface area contributed by atoms with Crippen LogP contribution >= 0.6 is 11.3 Å². The molecule has 0 fully saturated rings. The van der Waals surface area contributed by atoms with Gasteiger partial charge in [-0.15, -0.1) is 11.3 Å². The minimum absolute atomic E-state index is 0.177. The van der Waals surface area contributed by atoms with Crippen LogP contribution in [0, 0.1) is 6.92 Å². The first-order valence-electron chi connectivity index (χ1n) is 10.9. The third-order valence-corrected chi connectivity index (χ3v) is 6.23. The number of carbonyl (C=O) groups excluding carboxylic acids is 1. The molecule has 3 aromatic heterocycles. The smallest absolute Gasteiger partial charge is 0.267 e. The van der Waals surface area contributed by atoms with Crippen LogP contribution in [0.3, 0.4) is 0 Å². The number of nitrogens with zero attached hydrogens (tertiary/aromatic N) is 4. The molecule has 0 unspecified atom stereocenters. The number of nitrogens with one attached hydrogen (secondary N) is 3. The van der Waals surface area contributed by atoms with Crippen molar-refractivity contribution in [2.45, 2.75) is 6.92 Å². The van der Waals surface area contributed by atoms with Crippen molar-refractivity contribution in [3.8, 4) is 10.6 Å². The summed E-state index contributed by atoms with van der Waals surface area (Å²) >= 11 is 1.39. The normalized spacial score (nSPS) is 10.5. The molecule has 8 nitrogen and oxygen atoms in total. The number of amides is 1. The maximum absolute atomic E-state index is 12.9. The van der Waals surface area contributed by atoms with Crippen LogP contribution in [-0.4, -0.2) is 25.8 Å². The largest absolute Gasteiger partial charge is 0.340 e. The van der Waals surface area contributed by atoms with E-state index in [4.69, 9.17) is 0 Å². The number of thiazole rings is 1. The quantitative estimate of drug-likeness (QED) is 0.261. The van der Waals surface area contributed by atoms with Crippen LogP contribution in [0.15, 0.2) is 91.4 Å². The van der Waals surface area contributed by atoms with Gasteiger partial charge in [-0.2, -0.15) is 0 Å². The first kappa shape index (κ1) is 22.2. The van der Waals surface area contributed by atoms with Gasteiger partial charge in [0.1, 0.15) is 33.7 Å². The third-order valence-electron chi connectivity index (χ3n) is 5.03. The van der Waals surface area contributed by atoms with E-state index in [1.807, 2.05) is 79.7 Å². The Kier molecular flexibility index (Phi) is 6.40. The van der Waals surface area contributed by atoms with Crippen LogP contribution in [0.2, 0.25) is 0 Å². The number of carbonyl (C=O) groups is 1. The van der Waals surface area contributed by atoms with Crippen molar-refractivity contribution < 1.29 is 4.79 Å². The summed E-state index contributed by atoms with van der Waals surface area (Å²) in [5, 5.41) is 10.2. The Balaban J connectivity index is 1.23. The van der Waals surface area contributed by atoms with Crippen molar-refractivity contribution in [3.05, 3.63) is 102 Å². The highest BCUT2D eigenvalue weighted by molar-refractivity contribution is 7.17. The van der Waals surface area contributed by atoms with Crippen molar-refractivity contribution >= 4 is 46.1 Å². The second-order valence-electron chi connectivity index (χ2n) is 7.58. The molecule has 0 saturated carbocycles. The van der Waals surface area contributed by atoms with Crippen LogP contribution in [-0.2, 0) is 0 Å². The minimum atomic E-state index is -0.177. The summed E-state index contributed by atoms with van der Waals surface area (Å²) in [5.41, 5.74) is 3.22. The van der Waals surface area contributed by atoms with Gasteiger partial charge in [0, 0.05) is 29.2 Å². The SMILES string of the molecule is Cc1nc(-c2ccccc2)sc1C(=O)Nc1ccc(Nc2cc(Nc3ccccn3)ncn2)cc1. The fourth-order valence-corrected chi connectivity index (χ4v) is 4.31. The third kappa shape index (κ3) is 5.48. The predicted molar refractivity (Wildman–Crippen MR) is 140 cm³/mol. The number of aromatic nitrogens is 4. The molecule has 3 heterocycles. The summed E-state index contributed by atoms with van der Waals surface area (Å²) in [6.07, 6.45) is 3.19. The molecule has 9 heteroatoms. The molecule has 0 atom stereocenters. The van der Waals surface area contributed by atoms with Crippen molar-refractivity contribution in [3.63, 3.8) is 0 Å². The van der Waals surface area contributed by atoms with Crippen molar-refractivity contribution in [2.75, 3.05) is 16.0 Å². The number of hydrogen-bond donors (Lipinski definition) is 3. The van der Waals surface area contributed by atoms with E-state index in [0.717, 1.165) is 16.3 Å². The summed E-state index contributed by atoms with van der Waals surface area (Å²) < 4.78 is 0. The molecule has 0 saturated heterocycles. The standard InChI is InChI=1S/C26H21N7OS/c1-17-24(35-26(30-17)18-7-3-2-4-8-18)25(34)32-20-12-10-19(11-13-20)31-22-15-23(29-16-28-22)33-21-9-5-6-14-27-21/h2-16H,1H3,(H,32,34)(H2,27,28,29,31,33). The lowest BCUT2D eigenvalue weighted by atomic mass is 10.2. The lowest BCUT2D eigenvalue weighted by Crippen LogP contribution is -2.11. The molecule has 3 N–H and O–H groups in total. The van der Waals surface area contributed by atoms with Gasteiger partial charge in [0.05, 0.1) is 5.69 Å². The van der Waals surface area contributed by atoms with Gasteiger partial charge in [-0.25, -0.2) is 19.9 Å². The highest BCUT2D eigenvalue weighted by Crippen LogP contribution is 2.28. The second-order valence-corrected chi connectivity index (χ2v) is 8.58. The average molecular weight is 480 g/mol. The van der Waals surface area contributed by atoms with Gasteiger partial charge in [0.2, 0.25) is 0 Å². The molecule has 0 aliphatic carbocycles. The van der Waals surface area contributed by atoms with Crippen LogP contribution in [0.1, 0.15) is 15.4 Å². The zero-order valence-electron chi connectivity index (χ0n) is 18.8. The second kappa shape index (κ2) is 10.1.